The van der Waals surface area contributed by atoms with Crippen LogP contribution in [-0.2, 0) is 9.59 Å². The number of carboxylic acid groups (broad SMARTS) is 1. The third-order valence-corrected chi connectivity index (χ3v) is 5.60. The first kappa shape index (κ1) is 19.1. The van der Waals surface area contributed by atoms with Crippen molar-refractivity contribution in [3.8, 4) is 0 Å². The lowest BCUT2D eigenvalue weighted by Gasteiger charge is -2.24. The normalized spacial score (nSPS) is 21.6. The number of likely N-dealkylation sites (tertiary alicyclic amines) is 1. The highest BCUT2D eigenvalue weighted by atomic mass is 16.3. The molecule has 0 saturated carbocycles. The fourth-order valence-corrected chi connectivity index (χ4v) is 4.27. The van der Waals surface area contributed by atoms with Gasteiger partial charge < -0.3 is 14.9 Å². The first-order valence-electron chi connectivity index (χ1n) is 9.40. The van der Waals surface area contributed by atoms with Crippen LogP contribution in [0.3, 0.4) is 0 Å². The fraction of sp³-hybridized carbons (Fsp3) is 0.500. The molecule has 2 aliphatic heterocycles. The number of carbonyl (C=O) groups excluding carboxylic acids is 1. The summed E-state index contributed by atoms with van der Waals surface area (Å²) in [6, 6.07) is 8.29. The largest absolute Gasteiger partial charge is 0.483 e. The summed E-state index contributed by atoms with van der Waals surface area (Å²) in [6.07, 6.45) is 2.93. The van der Waals surface area contributed by atoms with Gasteiger partial charge in [-0.3, -0.25) is 9.59 Å². The maximum Gasteiger partial charge on any atom is 0.290 e. The van der Waals surface area contributed by atoms with E-state index in [1.165, 1.54) is 0 Å². The Hall–Kier alpha value is -2.70. The van der Waals surface area contributed by atoms with Gasteiger partial charge in [-0.15, -0.1) is 5.10 Å². The molecule has 0 aliphatic carbocycles. The summed E-state index contributed by atoms with van der Waals surface area (Å²) in [5, 5.41) is 18.0. The van der Waals surface area contributed by atoms with Crippen LogP contribution < -0.4 is 4.90 Å². The number of benzene rings is 1. The molecule has 27 heavy (non-hydrogen) atoms. The second-order valence-corrected chi connectivity index (χ2v) is 7.25. The van der Waals surface area contributed by atoms with Crippen LogP contribution in [0.2, 0.25) is 0 Å². The van der Waals surface area contributed by atoms with E-state index < -0.39 is 0 Å². The highest BCUT2D eigenvalue weighted by Gasteiger charge is 2.50. The first-order chi connectivity index (χ1) is 13.1. The third kappa shape index (κ3) is 3.46. The average molecular weight is 370 g/mol. The summed E-state index contributed by atoms with van der Waals surface area (Å²) in [6.45, 7) is 7.32. The average Bonchev–Trinajstić information content (AvgIpc) is 3.23. The number of aryl methyl sites for hydroxylation is 1. The molecule has 1 aromatic heterocycles. The number of hydrogen-bond donors (Lipinski definition) is 1. The molecule has 2 aliphatic rings. The van der Waals surface area contributed by atoms with Gasteiger partial charge in [-0.05, 0) is 26.2 Å². The number of anilines is 1. The Bertz CT molecular complexity index is 841. The molecular weight excluding hydrogens is 344 g/mol. The van der Waals surface area contributed by atoms with Gasteiger partial charge in [0, 0.05) is 37.0 Å². The SMILES string of the molecule is CCCN1CCC2(CCN(c3nnc(C)c4ccccc34)C2)C1=O.O=CO. The number of nitrogens with zero attached hydrogens (tertiary/aromatic N) is 4. The lowest BCUT2D eigenvalue weighted by molar-refractivity contribution is -0.135. The molecule has 0 bridgehead atoms. The Balaban J connectivity index is 0.000000659. The van der Waals surface area contributed by atoms with E-state index in [4.69, 9.17) is 9.90 Å². The van der Waals surface area contributed by atoms with Crippen molar-refractivity contribution in [2.24, 2.45) is 5.41 Å². The number of rotatable bonds is 3. The van der Waals surface area contributed by atoms with Gasteiger partial charge in [0.05, 0.1) is 11.1 Å². The molecule has 1 N–H and O–H groups in total. The van der Waals surface area contributed by atoms with Crippen LogP contribution in [0.15, 0.2) is 24.3 Å². The van der Waals surface area contributed by atoms with E-state index in [2.05, 4.69) is 34.2 Å². The maximum atomic E-state index is 12.9. The van der Waals surface area contributed by atoms with Crippen molar-refractivity contribution in [1.82, 2.24) is 15.1 Å². The standard InChI is InChI=1S/C19H24N4O.CH2O2/c1-3-10-22-11-8-19(18(22)24)9-12-23(13-19)17-16-7-5-4-6-15(16)14(2)20-21-17;2-1-3/h4-7H,3,8-13H2,1-2H3;1H,(H,2,3). The zero-order valence-electron chi connectivity index (χ0n) is 15.9. The van der Waals surface area contributed by atoms with E-state index in [0.717, 1.165) is 67.7 Å². The van der Waals surface area contributed by atoms with Gasteiger partial charge in [0.15, 0.2) is 5.82 Å². The lowest BCUT2D eigenvalue weighted by atomic mass is 9.85. The molecule has 7 nitrogen and oxygen atoms in total. The predicted molar refractivity (Wildman–Crippen MR) is 104 cm³/mol. The van der Waals surface area contributed by atoms with Crippen molar-refractivity contribution >= 4 is 29.0 Å². The molecule has 7 heteroatoms. The third-order valence-electron chi connectivity index (χ3n) is 5.60. The minimum absolute atomic E-state index is 0.206. The fourth-order valence-electron chi connectivity index (χ4n) is 4.27. The Kier molecular flexibility index (Phi) is 5.58. The van der Waals surface area contributed by atoms with Crippen LogP contribution in [-0.4, -0.2) is 58.8 Å². The Labute approximate surface area is 159 Å². The molecular formula is C20H26N4O3. The second kappa shape index (κ2) is 7.90. The van der Waals surface area contributed by atoms with Gasteiger partial charge in [0.1, 0.15) is 0 Å². The summed E-state index contributed by atoms with van der Waals surface area (Å²) in [7, 11) is 0. The molecule has 1 unspecified atom stereocenters. The number of carbonyl (C=O) groups is 2. The van der Waals surface area contributed by atoms with Gasteiger partial charge in [-0.2, -0.15) is 5.10 Å². The van der Waals surface area contributed by atoms with Gasteiger partial charge in [-0.25, -0.2) is 0 Å². The molecule has 2 fully saturated rings. The molecule has 4 rings (SSSR count). The van der Waals surface area contributed by atoms with Crippen LogP contribution in [0.4, 0.5) is 5.82 Å². The zero-order valence-corrected chi connectivity index (χ0v) is 15.9. The van der Waals surface area contributed by atoms with Crippen molar-refractivity contribution in [2.75, 3.05) is 31.1 Å². The molecule has 1 atom stereocenters. The molecule has 2 saturated heterocycles. The van der Waals surface area contributed by atoms with E-state index >= 15 is 0 Å². The Morgan fingerprint density at radius 3 is 2.56 bits per heavy atom. The van der Waals surface area contributed by atoms with Gasteiger partial charge >= 0.3 is 0 Å². The monoisotopic (exact) mass is 370 g/mol. The van der Waals surface area contributed by atoms with E-state index in [9.17, 15) is 4.79 Å². The second-order valence-electron chi connectivity index (χ2n) is 7.25. The van der Waals surface area contributed by atoms with Gasteiger partial charge in [0.25, 0.3) is 6.47 Å². The van der Waals surface area contributed by atoms with Crippen LogP contribution >= 0.6 is 0 Å². The number of fused-ring (bicyclic) bond motifs is 1. The summed E-state index contributed by atoms with van der Waals surface area (Å²) < 4.78 is 0. The molecule has 3 heterocycles. The summed E-state index contributed by atoms with van der Waals surface area (Å²) in [5.41, 5.74) is 0.748. The first-order valence-corrected chi connectivity index (χ1v) is 9.40. The lowest BCUT2D eigenvalue weighted by Crippen LogP contribution is -2.37. The molecule has 1 spiro atoms. The molecule has 2 aromatic rings. The van der Waals surface area contributed by atoms with Crippen molar-refractivity contribution < 1.29 is 14.7 Å². The van der Waals surface area contributed by atoms with Crippen LogP contribution in [0.1, 0.15) is 31.9 Å². The topological polar surface area (TPSA) is 86.6 Å². The minimum atomic E-state index is -0.250. The smallest absolute Gasteiger partial charge is 0.290 e. The molecule has 1 amide bonds. The van der Waals surface area contributed by atoms with Crippen LogP contribution in [0, 0.1) is 12.3 Å². The zero-order chi connectivity index (χ0) is 19.4. The predicted octanol–water partition coefficient (Wildman–Crippen LogP) is 2.48. The van der Waals surface area contributed by atoms with Gasteiger partial charge in [-0.1, -0.05) is 31.2 Å². The van der Waals surface area contributed by atoms with Crippen molar-refractivity contribution in [2.45, 2.75) is 33.1 Å². The number of aromatic nitrogens is 2. The van der Waals surface area contributed by atoms with Crippen molar-refractivity contribution in [1.29, 1.82) is 0 Å². The molecule has 1 aromatic carbocycles. The number of hydrogen-bond acceptors (Lipinski definition) is 5. The maximum absolute atomic E-state index is 12.9. The van der Waals surface area contributed by atoms with E-state index in [-0.39, 0.29) is 11.9 Å². The van der Waals surface area contributed by atoms with E-state index in [0.29, 0.717) is 5.91 Å². The van der Waals surface area contributed by atoms with Crippen molar-refractivity contribution in [3.05, 3.63) is 30.0 Å². The molecule has 144 valence electrons. The molecule has 0 radical (unpaired) electrons. The van der Waals surface area contributed by atoms with E-state index in [1.54, 1.807) is 0 Å². The minimum Gasteiger partial charge on any atom is -0.483 e. The van der Waals surface area contributed by atoms with Crippen LogP contribution in [0.25, 0.3) is 10.8 Å². The quantitative estimate of drug-likeness (QED) is 0.836. The van der Waals surface area contributed by atoms with Crippen LogP contribution in [0.5, 0.6) is 0 Å². The highest BCUT2D eigenvalue weighted by Crippen LogP contribution is 2.42. The van der Waals surface area contributed by atoms with Crippen molar-refractivity contribution in [3.63, 3.8) is 0 Å². The van der Waals surface area contributed by atoms with E-state index in [1.807, 2.05) is 24.0 Å². The summed E-state index contributed by atoms with van der Waals surface area (Å²) in [5.74, 6) is 1.27. The Morgan fingerprint density at radius 1 is 1.19 bits per heavy atom. The highest BCUT2D eigenvalue weighted by molar-refractivity contribution is 5.94. The Morgan fingerprint density at radius 2 is 1.85 bits per heavy atom. The summed E-state index contributed by atoms with van der Waals surface area (Å²) >= 11 is 0. The summed E-state index contributed by atoms with van der Waals surface area (Å²) in [4.78, 5) is 25.5. The van der Waals surface area contributed by atoms with Gasteiger partial charge in [0.2, 0.25) is 5.91 Å². The number of amides is 1.